The lowest BCUT2D eigenvalue weighted by atomic mass is 10.1. The molecule has 1 aromatic carbocycles. The van der Waals surface area contributed by atoms with Gasteiger partial charge in [0.05, 0.1) is 31.6 Å². The van der Waals surface area contributed by atoms with E-state index in [0.717, 1.165) is 35.5 Å². The number of aliphatic hydroxyl groups is 1. The van der Waals surface area contributed by atoms with Crippen molar-refractivity contribution in [1.29, 1.82) is 0 Å². The summed E-state index contributed by atoms with van der Waals surface area (Å²) in [5.41, 5.74) is 6.36. The van der Waals surface area contributed by atoms with Gasteiger partial charge in [-0.3, -0.25) is 5.43 Å². The van der Waals surface area contributed by atoms with E-state index in [1.54, 1.807) is 18.5 Å². The van der Waals surface area contributed by atoms with Crippen LogP contribution < -0.4 is 15.5 Å². The van der Waals surface area contributed by atoms with Crippen LogP contribution in [0, 0.1) is 6.92 Å². The average Bonchev–Trinajstić information content (AvgIpc) is 3.28. The third-order valence-electron chi connectivity index (χ3n) is 5.05. The third-order valence-corrected chi connectivity index (χ3v) is 5.05. The molecule has 0 bridgehead atoms. The fourth-order valence-electron chi connectivity index (χ4n) is 3.37. The summed E-state index contributed by atoms with van der Waals surface area (Å²) in [6, 6.07) is 10.3. The van der Waals surface area contributed by atoms with Gasteiger partial charge in [-0.05, 0) is 18.1 Å². The van der Waals surface area contributed by atoms with Gasteiger partial charge in [0.2, 0.25) is 11.8 Å². The zero-order valence-electron chi connectivity index (χ0n) is 17.7. The van der Waals surface area contributed by atoms with Gasteiger partial charge in [0.15, 0.2) is 0 Å². The van der Waals surface area contributed by atoms with E-state index in [2.05, 4.69) is 25.7 Å². The molecule has 1 atom stereocenters. The van der Waals surface area contributed by atoms with Crippen molar-refractivity contribution in [3.63, 3.8) is 0 Å². The number of hydrogen-bond donors (Lipinski definition) is 4. The highest BCUT2D eigenvalue weighted by molar-refractivity contribution is 5.72. The molecule has 0 saturated carbocycles. The molecule has 4 N–H and O–H groups in total. The Hall–Kier alpha value is -3.47. The van der Waals surface area contributed by atoms with Gasteiger partial charge in [0.1, 0.15) is 0 Å². The standard InChI is InChI=1S/C22H26N6O4/c1-15-12-24-21(27-28-7-9-31-10-8-28)26-20(15)17-11-19(23-13-17)32-22(30)25-18(14-29)16-5-3-2-4-6-16/h2-6,11-13,18,23,29H,7-10,14H2,1H3,(H,25,30)(H,24,26,27). The van der Waals surface area contributed by atoms with Crippen molar-refractivity contribution in [3.05, 3.63) is 59.9 Å². The van der Waals surface area contributed by atoms with E-state index in [1.165, 1.54) is 0 Å². The van der Waals surface area contributed by atoms with E-state index >= 15 is 0 Å². The largest absolute Gasteiger partial charge is 0.414 e. The molecule has 4 rings (SSSR count). The summed E-state index contributed by atoms with van der Waals surface area (Å²) in [5, 5.41) is 14.3. The monoisotopic (exact) mass is 438 g/mol. The molecule has 2 aromatic heterocycles. The molecule has 10 heteroatoms. The molecule has 3 aromatic rings. The number of aromatic nitrogens is 3. The number of carbonyl (C=O) groups is 1. The van der Waals surface area contributed by atoms with Crippen molar-refractivity contribution in [2.24, 2.45) is 0 Å². The Balaban J connectivity index is 1.41. The van der Waals surface area contributed by atoms with Crippen molar-refractivity contribution < 1.29 is 19.4 Å². The Morgan fingerprint density at radius 1 is 1.31 bits per heavy atom. The highest BCUT2D eigenvalue weighted by atomic mass is 16.6. The number of aromatic amines is 1. The predicted molar refractivity (Wildman–Crippen MR) is 118 cm³/mol. The number of morpholine rings is 1. The van der Waals surface area contributed by atoms with E-state index in [4.69, 9.17) is 9.47 Å². The Bertz CT molecular complexity index is 1040. The maximum absolute atomic E-state index is 12.3. The van der Waals surface area contributed by atoms with Gasteiger partial charge in [0.25, 0.3) is 0 Å². The minimum Gasteiger partial charge on any atom is -0.394 e. The number of aliphatic hydroxyl groups excluding tert-OH is 1. The van der Waals surface area contributed by atoms with Crippen LogP contribution in [0.25, 0.3) is 11.3 Å². The Kier molecular flexibility index (Phi) is 6.95. The van der Waals surface area contributed by atoms with E-state index < -0.39 is 12.1 Å². The molecule has 0 aliphatic carbocycles. The van der Waals surface area contributed by atoms with E-state index in [9.17, 15) is 9.90 Å². The van der Waals surface area contributed by atoms with Crippen LogP contribution in [-0.2, 0) is 4.74 Å². The van der Waals surface area contributed by atoms with Crippen LogP contribution in [0.5, 0.6) is 5.88 Å². The molecule has 1 saturated heterocycles. The highest BCUT2D eigenvalue weighted by Gasteiger charge is 2.17. The number of hydrazine groups is 1. The first kappa shape index (κ1) is 21.8. The van der Waals surface area contributed by atoms with Crippen LogP contribution in [-0.4, -0.2) is 64.1 Å². The fraction of sp³-hybridized carbons (Fsp3) is 0.318. The third kappa shape index (κ3) is 5.41. The highest BCUT2D eigenvalue weighted by Crippen LogP contribution is 2.26. The molecule has 168 valence electrons. The number of hydrogen-bond acceptors (Lipinski definition) is 8. The summed E-state index contributed by atoms with van der Waals surface area (Å²) < 4.78 is 10.7. The second-order valence-corrected chi connectivity index (χ2v) is 7.37. The summed E-state index contributed by atoms with van der Waals surface area (Å²) in [4.78, 5) is 24.2. The topological polar surface area (TPSA) is 125 Å². The number of aryl methyl sites for hydroxylation is 1. The molecule has 32 heavy (non-hydrogen) atoms. The summed E-state index contributed by atoms with van der Waals surface area (Å²) in [6.07, 6.45) is 2.80. The lowest BCUT2D eigenvalue weighted by Crippen LogP contribution is -2.40. The van der Waals surface area contributed by atoms with Crippen molar-refractivity contribution in [2.75, 3.05) is 38.3 Å². The van der Waals surface area contributed by atoms with E-state index in [0.29, 0.717) is 19.2 Å². The number of ether oxygens (including phenoxy) is 2. The molecule has 1 aliphatic heterocycles. The maximum Gasteiger partial charge on any atom is 0.414 e. The van der Waals surface area contributed by atoms with Crippen molar-refractivity contribution in [3.8, 4) is 17.1 Å². The molecule has 10 nitrogen and oxygen atoms in total. The zero-order chi connectivity index (χ0) is 22.3. The average molecular weight is 438 g/mol. The first-order chi connectivity index (χ1) is 15.6. The van der Waals surface area contributed by atoms with Crippen LogP contribution >= 0.6 is 0 Å². The van der Waals surface area contributed by atoms with Gasteiger partial charge in [-0.1, -0.05) is 30.3 Å². The van der Waals surface area contributed by atoms with Crippen molar-refractivity contribution in [2.45, 2.75) is 13.0 Å². The van der Waals surface area contributed by atoms with Gasteiger partial charge < -0.3 is 24.9 Å². The summed E-state index contributed by atoms with van der Waals surface area (Å²) >= 11 is 0. The lowest BCUT2D eigenvalue weighted by Gasteiger charge is -2.27. The van der Waals surface area contributed by atoms with Crippen molar-refractivity contribution >= 4 is 12.0 Å². The van der Waals surface area contributed by atoms with Crippen LogP contribution in [0.1, 0.15) is 17.2 Å². The quantitative estimate of drug-likeness (QED) is 0.443. The number of H-pyrrole nitrogens is 1. The molecule has 0 radical (unpaired) electrons. The second kappa shape index (κ2) is 10.2. The second-order valence-electron chi connectivity index (χ2n) is 7.37. The van der Waals surface area contributed by atoms with Gasteiger partial charge in [-0.25, -0.2) is 19.8 Å². The van der Waals surface area contributed by atoms with Gasteiger partial charge in [0, 0.05) is 37.1 Å². The molecule has 1 fully saturated rings. The number of rotatable bonds is 7. The van der Waals surface area contributed by atoms with Crippen LogP contribution in [0.15, 0.2) is 48.8 Å². The molecular weight excluding hydrogens is 412 g/mol. The normalized spacial score (nSPS) is 15.2. The minimum atomic E-state index is -0.671. The lowest BCUT2D eigenvalue weighted by molar-refractivity contribution is 0.0492. The van der Waals surface area contributed by atoms with Gasteiger partial charge in [-0.15, -0.1) is 0 Å². The first-order valence-corrected chi connectivity index (χ1v) is 10.4. The van der Waals surface area contributed by atoms with Crippen molar-refractivity contribution in [1.82, 2.24) is 25.3 Å². The van der Waals surface area contributed by atoms with E-state index in [-0.39, 0.29) is 12.5 Å². The number of amides is 1. The fourth-order valence-corrected chi connectivity index (χ4v) is 3.37. The van der Waals surface area contributed by atoms with Crippen LogP contribution in [0.2, 0.25) is 0 Å². The van der Waals surface area contributed by atoms with Gasteiger partial charge in [-0.2, -0.15) is 0 Å². The number of nitrogens with one attached hydrogen (secondary N) is 3. The van der Waals surface area contributed by atoms with Crippen LogP contribution in [0.4, 0.5) is 10.7 Å². The molecular formula is C22H26N6O4. The summed E-state index contributed by atoms with van der Waals surface area (Å²) in [6.45, 7) is 4.50. The SMILES string of the molecule is Cc1cnc(NN2CCOCC2)nc1-c1c[nH]c(OC(=O)NC(CO)c2ccccc2)c1. The Morgan fingerprint density at radius 3 is 2.84 bits per heavy atom. The first-order valence-electron chi connectivity index (χ1n) is 10.4. The molecule has 3 heterocycles. The Morgan fingerprint density at radius 2 is 2.09 bits per heavy atom. The number of benzene rings is 1. The maximum atomic E-state index is 12.3. The predicted octanol–water partition coefficient (Wildman–Crippen LogP) is 2.26. The number of carbonyl (C=O) groups excluding carboxylic acids is 1. The molecule has 1 unspecified atom stereocenters. The molecule has 1 aliphatic rings. The number of nitrogens with zero attached hydrogens (tertiary/aromatic N) is 3. The van der Waals surface area contributed by atoms with Gasteiger partial charge >= 0.3 is 6.09 Å². The van der Waals surface area contributed by atoms with E-state index in [1.807, 2.05) is 42.3 Å². The zero-order valence-corrected chi connectivity index (χ0v) is 17.7. The Labute approximate surface area is 185 Å². The molecule has 1 amide bonds. The molecule has 0 spiro atoms. The summed E-state index contributed by atoms with van der Waals surface area (Å²) in [7, 11) is 0. The minimum absolute atomic E-state index is 0.242. The van der Waals surface area contributed by atoms with Crippen LogP contribution in [0.3, 0.4) is 0 Å². The summed E-state index contributed by atoms with van der Waals surface area (Å²) in [5.74, 6) is 0.755. The number of anilines is 1. The smallest absolute Gasteiger partial charge is 0.394 e.